The zero-order chi connectivity index (χ0) is 8.97. The monoisotopic (exact) mass is 161 g/mol. The van der Waals surface area contributed by atoms with Crippen molar-refractivity contribution in [1.82, 2.24) is 9.97 Å². The van der Waals surface area contributed by atoms with Crippen molar-refractivity contribution in [2.45, 2.75) is 19.9 Å². The summed E-state index contributed by atoms with van der Waals surface area (Å²) in [7, 11) is 0. The lowest BCUT2D eigenvalue weighted by Gasteiger charge is -2.07. The average molecular weight is 161 g/mol. The minimum Gasteiger partial charge on any atom is -0.357 e. The van der Waals surface area contributed by atoms with Crippen LogP contribution in [0, 0.1) is 19.3 Å². The number of nitrogens with zero attached hydrogens (tertiary/aromatic N) is 2. The van der Waals surface area contributed by atoms with E-state index in [1.54, 1.807) is 12.3 Å². The van der Waals surface area contributed by atoms with E-state index in [1.807, 2.05) is 13.8 Å². The number of aryl methyl sites for hydroxylation is 1. The third-order valence-corrected chi connectivity index (χ3v) is 1.39. The molecule has 0 saturated heterocycles. The fourth-order valence-electron chi connectivity index (χ4n) is 0.800. The first-order valence-electron chi connectivity index (χ1n) is 3.74. The molecule has 0 fully saturated rings. The van der Waals surface area contributed by atoms with Crippen molar-refractivity contribution in [3.63, 3.8) is 0 Å². The Bertz CT molecular complexity index is 301. The molecule has 0 radical (unpaired) electrons. The maximum atomic E-state index is 5.20. The summed E-state index contributed by atoms with van der Waals surface area (Å²) >= 11 is 0. The van der Waals surface area contributed by atoms with Gasteiger partial charge in [-0.25, -0.2) is 9.97 Å². The first kappa shape index (κ1) is 8.54. The van der Waals surface area contributed by atoms with Gasteiger partial charge in [0.05, 0.1) is 6.04 Å². The van der Waals surface area contributed by atoms with Crippen LogP contribution in [-0.2, 0) is 0 Å². The van der Waals surface area contributed by atoms with Crippen molar-refractivity contribution in [1.29, 1.82) is 0 Å². The molecule has 3 nitrogen and oxygen atoms in total. The van der Waals surface area contributed by atoms with Gasteiger partial charge >= 0.3 is 0 Å². The Morgan fingerprint density at radius 3 is 3.00 bits per heavy atom. The van der Waals surface area contributed by atoms with Crippen LogP contribution >= 0.6 is 0 Å². The van der Waals surface area contributed by atoms with Gasteiger partial charge in [-0.15, -0.1) is 6.42 Å². The Hall–Kier alpha value is -1.56. The Kier molecular flexibility index (Phi) is 2.65. The first-order valence-corrected chi connectivity index (χ1v) is 3.74. The molecule has 1 N–H and O–H groups in total. The highest BCUT2D eigenvalue weighted by Gasteiger charge is 1.97. The highest BCUT2D eigenvalue weighted by molar-refractivity contribution is 5.36. The summed E-state index contributed by atoms with van der Waals surface area (Å²) in [6.45, 7) is 3.74. The van der Waals surface area contributed by atoms with E-state index in [0.717, 1.165) is 11.6 Å². The minimum atomic E-state index is -0.000648. The summed E-state index contributed by atoms with van der Waals surface area (Å²) in [6, 6.07) is 1.79. The number of hydrogen-bond acceptors (Lipinski definition) is 3. The largest absolute Gasteiger partial charge is 0.357 e. The van der Waals surface area contributed by atoms with Crippen molar-refractivity contribution < 1.29 is 0 Å². The molecule has 12 heavy (non-hydrogen) atoms. The SMILES string of the molecule is C#CC(C)Nc1ccnc(C)n1. The summed E-state index contributed by atoms with van der Waals surface area (Å²) in [5.41, 5.74) is 0. The highest BCUT2D eigenvalue weighted by atomic mass is 15.0. The van der Waals surface area contributed by atoms with Crippen LogP contribution in [0.15, 0.2) is 12.3 Å². The van der Waals surface area contributed by atoms with E-state index in [1.165, 1.54) is 0 Å². The Labute approximate surface area is 72.2 Å². The van der Waals surface area contributed by atoms with E-state index in [9.17, 15) is 0 Å². The number of nitrogens with one attached hydrogen (secondary N) is 1. The summed E-state index contributed by atoms with van der Waals surface area (Å²) in [6.07, 6.45) is 6.90. The lowest BCUT2D eigenvalue weighted by Crippen LogP contribution is -2.13. The van der Waals surface area contributed by atoms with Gasteiger partial charge < -0.3 is 5.32 Å². The Balaban J connectivity index is 2.71. The molecular formula is C9H11N3. The molecule has 1 rings (SSSR count). The van der Waals surface area contributed by atoms with Crippen molar-refractivity contribution >= 4 is 5.82 Å². The van der Waals surface area contributed by atoms with Crippen molar-refractivity contribution in [3.8, 4) is 12.3 Å². The normalized spacial score (nSPS) is 11.8. The second-order valence-electron chi connectivity index (χ2n) is 2.52. The van der Waals surface area contributed by atoms with Crippen LogP contribution in [0.1, 0.15) is 12.7 Å². The maximum Gasteiger partial charge on any atom is 0.130 e. The van der Waals surface area contributed by atoms with E-state index in [2.05, 4.69) is 21.2 Å². The summed E-state index contributed by atoms with van der Waals surface area (Å²) in [4.78, 5) is 8.11. The molecule has 1 heterocycles. The smallest absolute Gasteiger partial charge is 0.130 e. The molecule has 0 aromatic carbocycles. The number of rotatable bonds is 2. The second-order valence-corrected chi connectivity index (χ2v) is 2.52. The van der Waals surface area contributed by atoms with Gasteiger partial charge in [-0.05, 0) is 19.9 Å². The maximum absolute atomic E-state index is 5.20. The fourth-order valence-corrected chi connectivity index (χ4v) is 0.800. The van der Waals surface area contributed by atoms with Crippen molar-refractivity contribution in [2.24, 2.45) is 0 Å². The number of aromatic nitrogens is 2. The molecule has 1 aromatic heterocycles. The molecule has 0 spiro atoms. The van der Waals surface area contributed by atoms with Gasteiger partial charge in [0.15, 0.2) is 0 Å². The van der Waals surface area contributed by atoms with Gasteiger partial charge in [0.25, 0.3) is 0 Å². The van der Waals surface area contributed by atoms with Gasteiger partial charge in [0.2, 0.25) is 0 Å². The van der Waals surface area contributed by atoms with Gasteiger partial charge in [0.1, 0.15) is 11.6 Å². The molecule has 0 bridgehead atoms. The van der Waals surface area contributed by atoms with E-state index in [4.69, 9.17) is 6.42 Å². The van der Waals surface area contributed by atoms with Gasteiger partial charge in [-0.1, -0.05) is 5.92 Å². The van der Waals surface area contributed by atoms with Crippen molar-refractivity contribution in [2.75, 3.05) is 5.32 Å². The van der Waals surface area contributed by atoms with Crippen LogP contribution in [-0.4, -0.2) is 16.0 Å². The predicted octanol–water partition coefficient (Wildman–Crippen LogP) is 1.22. The quantitative estimate of drug-likeness (QED) is 0.663. The van der Waals surface area contributed by atoms with Crippen LogP contribution in [0.4, 0.5) is 5.82 Å². The lowest BCUT2D eigenvalue weighted by molar-refractivity contribution is 0.979. The molecule has 0 aliphatic rings. The fraction of sp³-hybridized carbons (Fsp3) is 0.333. The zero-order valence-electron chi connectivity index (χ0n) is 7.20. The molecule has 0 aliphatic heterocycles. The topological polar surface area (TPSA) is 37.8 Å². The third kappa shape index (κ3) is 2.24. The van der Waals surface area contributed by atoms with E-state index in [0.29, 0.717) is 0 Å². The molecule has 1 unspecified atom stereocenters. The molecule has 0 amide bonds. The van der Waals surface area contributed by atoms with Crippen LogP contribution in [0.5, 0.6) is 0 Å². The number of hydrogen-bond donors (Lipinski definition) is 1. The van der Waals surface area contributed by atoms with Crippen molar-refractivity contribution in [3.05, 3.63) is 18.1 Å². The summed E-state index contributed by atoms with van der Waals surface area (Å²) < 4.78 is 0. The van der Waals surface area contributed by atoms with Crippen LogP contribution in [0.25, 0.3) is 0 Å². The number of anilines is 1. The summed E-state index contributed by atoms with van der Waals surface area (Å²) in [5, 5.41) is 3.05. The van der Waals surface area contributed by atoms with Crippen LogP contribution in [0.2, 0.25) is 0 Å². The molecular weight excluding hydrogens is 150 g/mol. The lowest BCUT2D eigenvalue weighted by atomic mass is 10.3. The second kappa shape index (κ2) is 3.72. The summed E-state index contributed by atoms with van der Waals surface area (Å²) in [5.74, 6) is 4.07. The molecule has 0 saturated carbocycles. The molecule has 1 atom stereocenters. The third-order valence-electron chi connectivity index (χ3n) is 1.39. The van der Waals surface area contributed by atoms with E-state index in [-0.39, 0.29) is 6.04 Å². The molecule has 1 aromatic rings. The zero-order valence-corrected chi connectivity index (χ0v) is 7.20. The minimum absolute atomic E-state index is 0.000648. The van der Waals surface area contributed by atoms with Crippen LogP contribution < -0.4 is 5.32 Å². The highest BCUT2D eigenvalue weighted by Crippen LogP contribution is 2.02. The van der Waals surface area contributed by atoms with E-state index < -0.39 is 0 Å². The first-order chi connectivity index (χ1) is 5.72. The Morgan fingerprint density at radius 2 is 2.42 bits per heavy atom. The Morgan fingerprint density at radius 1 is 1.67 bits per heavy atom. The molecule has 0 aliphatic carbocycles. The average Bonchev–Trinajstić information content (AvgIpc) is 2.04. The number of terminal acetylenes is 1. The van der Waals surface area contributed by atoms with Crippen LogP contribution in [0.3, 0.4) is 0 Å². The van der Waals surface area contributed by atoms with Gasteiger partial charge in [-0.2, -0.15) is 0 Å². The predicted molar refractivity (Wildman–Crippen MR) is 48.7 cm³/mol. The molecule has 3 heteroatoms. The standard InChI is InChI=1S/C9H11N3/c1-4-7(2)11-9-5-6-10-8(3)12-9/h1,5-7H,2-3H3,(H,10,11,12). The van der Waals surface area contributed by atoms with Gasteiger partial charge in [0, 0.05) is 6.20 Å². The molecule has 62 valence electrons. The van der Waals surface area contributed by atoms with Gasteiger partial charge in [-0.3, -0.25) is 0 Å². The van der Waals surface area contributed by atoms with E-state index >= 15 is 0 Å².